The Morgan fingerprint density at radius 3 is 2.88 bits per heavy atom. The third-order valence-corrected chi connectivity index (χ3v) is 4.83. The van der Waals surface area contributed by atoms with Gasteiger partial charge in [-0.3, -0.25) is 4.90 Å². The van der Waals surface area contributed by atoms with Crippen molar-refractivity contribution in [2.45, 2.75) is 32.4 Å². The molecule has 5 heteroatoms. The van der Waals surface area contributed by atoms with E-state index in [0.717, 1.165) is 49.5 Å². The van der Waals surface area contributed by atoms with Gasteiger partial charge in [0.2, 0.25) is 0 Å². The van der Waals surface area contributed by atoms with Crippen LogP contribution in [0.2, 0.25) is 0 Å². The Bertz CT molecular complexity index is 856. The summed E-state index contributed by atoms with van der Waals surface area (Å²) in [4.78, 5) is 7.23. The van der Waals surface area contributed by atoms with Crippen LogP contribution in [0.1, 0.15) is 24.1 Å². The van der Waals surface area contributed by atoms with Crippen LogP contribution in [0.15, 0.2) is 48.8 Å². The van der Waals surface area contributed by atoms with Crippen molar-refractivity contribution in [1.82, 2.24) is 14.3 Å². The molecular weight excluding hydrogens is 315 g/mol. The lowest BCUT2D eigenvalue weighted by molar-refractivity contribution is 0.206. The number of likely N-dealkylation sites (tertiary alicyclic amines) is 1. The van der Waals surface area contributed by atoms with E-state index in [2.05, 4.69) is 39.9 Å². The van der Waals surface area contributed by atoms with Crippen molar-refractivity contribution in [3.63, 3.8) is 0 Å². The van der Waals surface area contributed by atoms with Gasteiger partial charge in [-0.25, -0.2) is 9.37 Å². The van der Waals surface area contributed by atoms with Crippen molar-refractivity contribution >= 4 is 11.3 Å². The Morgan fingerprint density at radius 1 is 1.24 bits per heavy atom. The summed E-state index contributed by atoms with van der Waals surface area (Å²) >= 11 is 0. The molecule has 0 amide bonds. The van der Waals surface area contributed by atoms with Crippen LogP contribution in [0.4, 0.5) is 10.1 Å². The van der Waals surface area contributed by atoms with Crippen LogP contribution in [-0.4, -0.2) is 33.4 Å². The molecule has 2 aromatic heterocycles. The van der Waals surface area contributed by atoms with Crippen LogP contribution < -0.4 is 5.32 Å². The summed E-state index contributed by atoms with van der Waals surface area (Å²) in [6.45, 7) is 5.02. The zero-order chi connectivity index (χ0) is 17.2. The van der Waals surface area contributed by atoms with Gasteiger partial charge in [0, 0.05) is 37.2 Å². The molecule has 1 N–H and O–H groups in total. The zero-order valence-corrected chi connectivity index (χ0v) is 14.5. The number of fused-ring (bicyclic) bond motifs is 1. The molecule has 1 atom stereocenters. The lowest BCUT2D eigenvalue weighted by atomic mass is 10.1. The van der Waals surface area contributed by atoms with Gasteiger partial charge >= 0.3 is 0 Å². The summed E-state index contributed by atoms with van der Waals surface area (Å²) in [7, 11) is 0. The second-order valence-electron chi connectivity index (χ2n) is 6.88. The van der Waals surface area contributed by atoms with E-state index in [1.165, 1.54) is 17.7 Å². The largest absolute Gasteiger partial charge is 0.381 e. The van der Waals surface area contributed by atoms with Crippen LogP contribution in [-0.2, 0) is 6.54 Å². The predicted octanol–water partition coefficient (Wildman–Crippen LogP) is 3.86. The molecular formula is C20H23FN4. The number of halogens is 1. The zero-order valence-electron chi connectivity index (χ0n) is 14.5. The second-order valence-corrected chi connectivity index (χ2v) is 6.88. The monoisotopic (exact) mass is 338 g/mol. The Kier molecular flexibility index (Phi) is 4.40. The number of nitrogens with one attached hydrogen (secondary N) is 1. The lowest BCUT2D eigenvalue weighted by Crippen LogP contribution is -2.41. The van der Waals surface area contributed by atoms with Gasteiger partial charge in [0.05, 0.1) is 5.69 Å². The number of hydrogen-bond donors (Lipinski definition) is 1. The van der Waals surface area contributed by atoms with Crippen molar-refractivity contribution in [2.24, 2.45) is 0 Å². The van der Waals surface area contributed by atoms with E-state index in [0.29, 0.717) is 6.04 Å². The minimum atomic E-state index is -0.196. The number of aryl methyl sites for hydroxylation is 1. The molecule has 0 bridgehead atoms. The van der Waals surface area contributed by atoms with Gasteiger partial charge in [-0.15, -0.1) is 0 Å². The average Bonchev–Trinajstić information content (AvgIpc) is 3.01. The van der Waals surface area contributed by atoms with E-state index in [1.54, 1.807) is 12.1 Å². The number of hydrogen-bond acceptors (Lipinski definition) is 3. The molecule has 0 saturated carbocycles. The summed E-state index contributed by atoms with van der Waals surface area (Å²) in [5, 5.41) is 3.53. The molecule has 0 spiro atoms. The minimum Gasteiger partial charge on any atom is -0.381 e. The predicted molar refractivity (Wildman–Crippen MR) is 98.3 cm³/mol. The number of piperidine rings is 1. The van der Waals surface area contributed by atoms with Crippen LogP contribution in [0.5, 0.6) is 0 Å². The summed E-state index contributed by atoms with van der Waals surface area (Å²) in [5.41, 5.74) is 4.33. The molecule has 4 nitrogen and oxygen atoms in total. The first-order valence-electron chi connectivity index (χ1n) is 8.85. The lowest BCUT2D eigenvalue weighted by Gasteiger charge is -2.33. The molecule has 0 aliphatic carbocycles. The molecule has 130 valence electrons. The molecule has 0 radical (unpaired) electrons. The number of imidazole rings is 1. The van der Waals surface area contributed by atoms with Gasteiger partial charge < -0.3 is 9.72 Å². The molecule has 1 aliphatic heterocycles. The van der Waals surface area contributed by atoms with Gasteiger partial charge in [-0.05, 0) is 62.2 Å². The molecule has 3 heterocycles. The van der Waals surface area contributed by atoms with Crippen LogP contribution in [0.25, 0.3) is 5.65 Å². The van der Waals surface area contributed by atoms with Gasteiger partial charge in [0.25, 0.3) is 0 Å². The Hall–Kier alpha value is -2.40. The summed E-state index contributed by atoms with van der Waals surface area (Å²) in [5.74, 6) is -0.196. The first kappa shape index (κ1) is 16.1. The fraction of sp³-hybridized carbons (Fsp3) is 0.350. The third-order valence-electron chi connectivity index (χ3n) is 4.83. The van der Waals surface area contributed by atoms with Crippen molar-refractivity contribution in [3.05, 3.63) is 65.9 Å². The normalized spacial score (nSPS) is 18.6. The number of aromatic nitrogens is 2. The van der Waals surface area contributed by atoms with E-state index in [9.17, 15) is 4.39 Å². The highest BCUT2D eigenvalue weighted by molar-refractivity contribution is 5.48. The SMILES string of the molecule is Cc1cccn2cc(CN3CCC[C@@H](Nc4ccc(F)cc4)C3)nc12. The number of nitrogens with zero attached hydrogens (tertiary/aromatic N) is 3. The molecule has 1 fully saturated rings. The van der Waals surface area contributed by atoms with Gasteiger partial charge in [0.15, 0.2) is 0 Å². The molecule has 3 aromatic rings. The van der Waals surface area contributed by atoms with E-state index >= 15 is 0 Å². The topological polar surface area (TPSA) is 32.6 Å². The van der Waals surface area contributed by atoms with Crippen molar-refractivity contribution in [3.8, 4) is 0 Å². The van der Waals surface area contributed by atoms with Crippen molar-refractivity contribution in [1.29, 1.82) is 0 Å². The maximum atomic E-state index is 13.0. The summed E-state index contributed by atoms with van der Waals surface area (Å²) in [6.07, 6.45) is 6.47. The number of benzene rings is 1. The van der Waals surface area contributed by atoms with E-state index in [-0.39, 0.29) is 5.82 Å². The fourth-order valence-corrected chi connectivity index (χ4v) is 3.61. The highest BCUT2D eigenvalue weighted by atomic mass is 19.1. The Labute approximate surface area is 147 Å². The average molecular weight is 338 g/mol. The second kappa shape index (κ2) is 6.84. The molecule has 25 heavy (non-hydrogen) atoms. The van der Waals surface area contributed by atoms with Crippen molar-refractivity contribution < 1.29 is 4.39 Å². The van der Waals surface area contributed by atoms with Gasteiger partial charge in [-0.2, -0.15) is 0 Å². The summed E-state index contributed by atoms with van der Waals surface area (Å²) < 4.78 is 15.1. The number of pyridine rings is 1. The highest BCUT2D eigenvalue weighted by Crippen LogP contribution is 2.19. The summed E-state index contributed by atoms with van der Waals surface area (Å²) in [6, 6.07) is 11.1. The van der Waals surface area contributed by atoms with Crippen LogP contribution >= 0.6 is 0 Å². The van der Waals surface area contributed by atoms with Crippen LogP contribution in [0, 0.1) is 12.7 Å². The quantitative estimate of drug-likeness (QED) is 0.784. The van der Waals surface area contributed by atoms with Crippen LogP contribution in [0.3, 0.4) is 0 Å². The molecule has 1 aliphatic rings. The highest BCUT2D eigenvalue weighted by Gasteiger charge is 2.20. The molecule has 4 rings (SSSR count). The Balaban J connectivity index is 1.42. The fourth-order valence-electron chi connectivity index (χ4n) is 3.61. The smallest absolute Gasteiger partial charge is 0.139 e. The molecule has 0 unspecified atom stereocenters. The van der Waals surface area contributed by atoms with Gasteiger partial charge in [-0.1, -0.05) is 6.07 Å². The standard InChI is InChI=1S/C20H23FN4/c1-15-4-2-11-25-14-19(23-20(15)25)13-24-10-3-5-18(12-24)22-17-8-6-16(21)7-9-17/h2,4,6-9,11,14,18,22H,3,5,10,12-13H2,1H3/t18-/m1/s1. The third kappa shape index (κ3) is 3.66. The maximum absolute atomic E-state index is 13.0. The number of rotatable bonds is 4. The van der Waals surface area contributed by atoms with E-state index < -0.39 is 0 Å². The van der Waals surface area contributed by atoms with E-state index in [4.69, 9.17) is 4.98 Å². The number of anilines is 1. The molecule has 1 saturated heterocycles. The Morgan fingerprint density at radius 2 is 2.08 bits per heavy atom. The first-order chi connectivity index (χ1) is 12.2. The van der Waals surface area contributed by atoms with Gasteiger partial charge in [0.1, 0.15) is 11.5 Å². The first-order valence-corrected chi connectivity index (χ1v) is 8.85. The van der Waals surface area contributed by atoms with Crippen molar-refractivity contribution in [2.75, 3.05) is 18.4 Å². The van der Waals surface area contributed by atoms with E-state index in [1.807, 2.05) is 6.20 Å². The molecule has 1 aromatic carbocycles. The maximum Gasteiger partial charge on any atom is 0.139 e. The minimum absolute atomic E-state index is 0.196.